The van der Waals surface area contributed by atoms with Crippen LogP contribution in [-0.2, 0) is 4.74 Å². The van der Waals surface area contributed by atoms with Crippen molar-refractivity contribution in [3.05, 3.63) is 35.6 Å². The topological polar surface area (TPSA) is 29.5 Å². The molecule has 0 radical (unpaired) electrons. The lowest BCUT2D eigenvalue weighted by molar-refractivity contribution is 0.00342. The molecule has 0 bridgehead atoms. The molecule has 102 valence electrons. The average molecular weight is 281 g/mol. The van der Waals surface area contributed by atoms with E-state index in [0.717, 1.165) is 25.2 Å². The number of carbonyl (C=O) groups excluding carboxylic acids is 1. The average Bonchev–Trinajstić information content (AvgIpc) is 2.88. The Morgan fingerprint density at radius 3 is 2.68 bits per heavy atom. The lowest BCUT2D eigenvalue weighted by atomic mass is 10.1. The molecule has 1 aromatic carbocycles. The summed E-state index contributed by atoms with van der Waals surface area (Å²) in [6.07, 6.45) is 1.66. The van der Waals surface area contributed by atoms with Crippen molar-refractivity contribution >= 4 is 17.7 Å². The summed E-state index contributed by atoms with van der Waals surface area (Å²) >= 11 is 1.84. The third-order valence-electron chi connectivity index (χ3n) is 3.73. The van der Waals surface area contributed by atoms with E-state index >= 15 is 0 Å². The predicted octanol–water partition coefficient (Wildman–Crippen LogP) is 2.52. The number of rotatable bonds is 1. The van der Waals surface area contributed by atoms with Gasteiger partial charge in [0, 0.05) is 31.7 Å². The van der Waals surface area contributed by atoms with Crippen LogP contribution in [0.1, 0.15) is 23.2 Å². The SMILES string of the molecule is O=C(c1ccccc1F)N1CCC2(CC1)OCCS2. The molecular formula is C14H16FNO2S. The summed E-state index contributed by atoms with van der Waals surface area (Å²) in [5.74, 6) is 0.372. The van der Waals surface area contributed by atoms with E-state index in [1.807, 2.05) is 11.8 Å². The normalized spacial score (nSPS) is 21.8. The molecule has 0 N–H and O–H groups in total. The second-order valence-electron chi connectivity index (χ2n) is 4.88. The number of amides is 1. The highest BCUT2D eigenvalue weighted by Crippen LogP contribution is 2.41. The number of piperidine rings is 1. The van der Waals surface area contributed by atoms with Gasteiger partial charge < -0.3 is 9.64 Å². The maximum absolute atomic E-state index is 13.6. The Hall–Kier alpha value is -1.07. The van der Waals surface area contributed by atoms with E-state index in [2.05, 4.69) is 0 Å². The zero-order chi connectivity index (χ0) is 13.3. The smallest absolute Gasteiger partial charge is 0.256 e. The molecule has 3 nitrogen and oxygen atoms in total. The highest BCUT2D eigenvalue weighted by Gasteiger charge is 2.40. The van der Waals surface area contributed by atoms with E-state index in [-0.39, 0.29) is 16.4 Å². The second-order valence-corrected chi connectivity index (χ2v) is 6.32. The number of nitrogens with zero attached hydrogens (tertiary/aromatic N) is 1. The van der Waals surface area contributed by atoms with Crippen molar-refractivity contribution in [1.29, 1.82) is 0 Å². The van der Waals surface area contributed by atoms with Crippen LogP contribution >= 0.6 is 11.8 Å². The standard InChI is InChI=1S/C14H16FNO2S/c15-12-4-2-1-3-11(12)13(17)16-7-5-14(6-8-16)18-9-10-19-14/h1-4H,5-10H2. The number of hydrogen-bond donors (Lipinski definition) is 0. The summed E-state index contributed by atoms with van der Waals surface area (Å²) in [5.41, 5.74) is 0.165. The summed E-state index contributed by atoms with van der Waals surface area (Å²) < 4.78 is 19.4. The van der Waals surface area contributed by atoms with Crippen molar-refractivity contribution < 1.29 is 13.9 Å². The first-order valence-electron chi connectivity index (χ1n) is 6.52. The van der Waals surface area contributed by atoms with E-state index in [4.69, 9.17) is 4.74 Å². The lowest BCUT2D eigenvalue weighted by Crippen LogP contribution is -2.45. The number of thioether (sulfide) groups is 1. The molecule has 1 amide bonds. The summed E-state index contributed by atoms with van der Waals surface area (Å²) in [6, 6.07) is 6.16. The van der Waals surface area contributed by atoms with E-state index < -0.39 is 5.82 Å². The van der Waals surface area contributed by atoms with E-state index in [1.165, 1.54) is 6.07 Å². The minimum atomic E-state index is -0.445. The first kappa shape index (κ1) is 12.9. The molecule has 2 aliphatic rings. The quantitative estimate of drug-likeness (QED) is 0.792. The number of benzene rings is 1. The summed E-state index contributed by atoms with van der Waals surface area (Å²) in [5, 5.41) is 0. The number of carbonyl (C=O) groups is 1. The van der Waals surface area contributed by atoms with Crippen LogP contribution in [0, 0.1) is 5.82 Å². The van der Waals surface area contributed by atoms with Gasteiger partial charge in [-0.15, -0.1) is 11.8 Å². The molecule has 1 spiro atoms. The van der Waals surface area contributed by atoms with Gasteiger partial charge in [0.25, 0.3) is 5.91 Å². The van der Waals surface area contributed by atoms with Crippen LogP contribution in [0.5, 0.6) is 0 Å². The fourth-order valence-electron chi connectivity index (χ4n) is 2.64. The van der Waals surface area contributed by atoms with Gasteiger partial charge in [-0.25, -0.2) is 4.39 Å². The zero-order valence-electron chi connectivity index (χ0n) is 10.6. The Kier molecular flexibility index (Phi) is 3.50. The van der Waals surface area contributed by atoms with Gasteiger partial charge in [-0.3, -0.25) is 4.79 Å². The molecule has 2 heterocycles. The van der Waals surface area contributed by atoms with Crippen molar-refractivity contribution in [3.8, 4) is 0 Å². The summed E-state index contributed by atoms with van der Waals surface area (Å²) in [4.78, 5) is 13.9. The summed E-state index contributed by atoms with van der Waals surface area (Å²) in [7, 11) is 0. The monoisotopic (exact) mass is 281 g/mol. The van der Waals surface area contributed by atoms with E-state index in [1.54, 1.807) is 23.1 Å². The second kappa shape index (κ2) is 5.13. The molecule has 3 rings (SSSR count). The van der Waals surface area contributed by atoms with Gasteiger partial charge in [0.05, 0.1) is 12.2 Å². The Labute approximate surface area is 116 Å². The molecule has 2 aliphatic heterocycles. The third kappa shape index (κ3) is 2.49. The minimum absolute atomic E-state index is 0.0913. The molecule has 0 aromatic heterocycles. The van der Waals surface area contributed by atoms with Gasteiger partial charge in [-0.2, -0.15) is 0 Å². The molecule has 0 aliphatic carbocycles. The minimum Gasteiger partial charge on any atom is -0.363 e. The van der Waals surface area contributed by atoms with Crippen LogP contribution in [-0.4, -0.2) is 41.2 Å². The first-order chi connectivity index (χ1) is 9.20. The molecule has 0 saturated carbocycles. The Morgan fingerprint density at radius 1 is 1.32 bits per heavy atom. The largest absolute Gasteiger partial charge is 0.363 e. The molecule has 1 aromatic rings. The number of likely N-dealkylation sites (tertiary alicyclic amines) is 1. The van der Waals surface area contributed by atoms with Gasteiger partial charge in [0.15, 0.2) is 0 Å². The van der Waals surface area contributed by atoms with Crippen LogP contribution in [0.2, 0.25) is 0 Å². The van der Waals surface area contributed by atoms with Crippen molar-refractivity contribution in [3.63, 3.8) is 0 Å². The van der Waals surface area contributed by atoms with Crippen molar-refractivity contribution in [1.82, 2.24) is 4.90 Å². The Morgan fingerprint density at radius 2 is 2.05 bits per heavy atom. The van der Waals surface area contributed by atoms with Crippen LogP contribution in [0.25, 0.3) is 0 Å². The van der Waals surface area contributed by atoms with Gasteiger partial charge in [-0.1, -0.05) is 12.1 Å². The van der Waals surface area contributed by atoms with Crippen LogP contribution in [0.3, 0.4) is 0 Å². The molecule has 2 fully saturated rings. The van der Waals surface area contributed by atoms with Gasteiger partial charge in [-0.05, 0) is 12.1 Å². The van der Waals surface area contributed by atoms with Gasteiger partial charge in [0.2, 0.25) is 0 Å². The number of halogens is 1. The highest BCUT2D eigenvalue weighted by molar-refractivity contribution is 8.00. The van der Waals surface area contributed by atoms with Gasteiger partial charge >= 0.3 is 0 Å². The fourth-order valence-corrected chi connectivity index (χ4v) is 3.82. The maximum Gasteiger partial charge on any atom is 0.256 e. The predicted molar refractivity (Wildman–Crippen MR) is 72.7 cm³/mol. The van der Waals surface area contributed by atoms with Crippen molar-refractivity contribution in [2.45, 2.75) is 17.8 Å². The van der Waals surface area contributed by atoms with Gasteiger partial charge in [0.1, 0.15) is 10.8 Å². The number of hydrogen-bond acceptors (Lipinski definition) is 3. The Balaban J connectivity index is 1.68. The zero-order valence-corrected chi connectivity index (χ0v) is 11.4. The molecule has 19 heavy (non-hydrogen) atoms. The summed E-state index contributed by atoms with van der Waals surface area (Å²) in [6.45, 7) is 2.08. The fraction of sp³-hybridized carbons (Fsp3) is 0.500. The van der Waals surface area contributed by atoms with Crippen molar-refractivity contribution in [2.75, 3.05) is 25.4 Å². The first-order valence-corrected chi connectivity index (χ1v) is 7.50. The third-order valence-corrected chi connectivity index (χ3v) is 5.15. The molecular weight excluding hydrogens is 265 g/mol. The molecule has 0 atom stereocenters. The van der Waals surface area contributed by atoms with Crippen LogP contribution < -0.4 is 0 Å². The molecule has 5 heteroatoms. The highest BCUT2D eigenvalue weighted by atomic mass is 32.2. The Bertz CT molecular complexity index is 478. The van der Waals surface area contributed by atoms with E-state index in [9.17, 15) is 9.18 Å². The van der Waals surface area contributed by atoms with Crippen molar-refractivity contribution in [2.24, 2.45) is 0 Å². The van der Waals surface area contributed by atoms with E-state index in [0.29, 0.717) is 13.1 Å². The number of ether oxygens (including phenoxy) is 1. The molecule has 0 unspecified atom stereocenters. The molecule has 2 saturated heterocycles. The van der Waals surface area contributed by atoms with Crippen LogP contribution in [0.4, 0.5) is 4.39 Å². The lowest BCUT2D eigenvalue weighted by Gasteiger charge is -2.37. The maximum atomic E-state index is 13.6. The van der Waals surface area contributed by atoms with Crippen LogP contribution in [0.15, 0.2) is 24.3 Å².